The van der Waals surface area contributed by atoms with Crippen molar-refractivity contribution >= 4 is 35.0 Å². The van der Waals surface area contributed by atoms with Gasteiger partial charge in [-0.25, -0.2) is 4.98 Å². The van der Waals surface area contributed by atoms with Gasteiger partial charge in [-0.2, -0.15) is 0 Å². The van der Waals surface area contributed by atoms with Crippen molar-refractivity contribution in [1.82, 2.24) is 15.3 Å². The Kier molecular flexibility index (Phi) is 8.42. The Morgan fingerprint density at radius 1 is 1.18 bits per heavy atom. The fourth-order valence-corrected chi connectivity index (χ4v) is 4.02. The molecule has 1 aromatic heterocycles. The number of imidazole rings is 1. The lowest BCUT2D eigenvalue weighted by molar-refractivity contribution is 0.0964. The smallest absolute Gasteiger partial charge is 0.274 e. The second-order valence-electron chi connectivity index (χ2n) is 7.77. The Morgan fingerprint density at radius 2 is 1.91 bits per heavy atom. The molecule has 3 aromatic rings. The molecule has 3 rings (SSSR count). The van der Waals surface area contributed by atoms with Crippen LogP contribution in [0.3, 0.4) is 0 Å². The molecule has 2 N–H and O–H groups in total. The molecular formula is C26H29ClN4OS. The van der Waals surface area contributed by atoms with Crippen molar-refractivity contribution in [2.24, 2.45) is 0 Å². The number of thioether (sulfide) groups is 1. The molecular weight excluding hydrogens is 452 g/mol. The van der Waals surface area contributed by atoms with Gasteiger partial charge >= 0.3 is 0 Å². The lowest BCUT2D eigenvalue weighted by Gasteiger charge is -2.12. The first-order chi connectivity index (χ1) is 15.8. The van der Waals surface area contributed by atoms with Crippen LogP contribution in [0.25, 0.3) is 22.6 Å². The number of carbonyl (C=O) groups is 1. The Bertz CT molecular complexity index is 1180. The lowest BCUT2D eigenvalue weighted by atomic mass is 10.1. The van der Waals surface area contributed by atoms with E-state index in [0.717, 1.165) is 33.8 Å². The lowest BCUT2D eigenvalue weighted by Crippen LogP contribution is -2.23. The molecule has 2 aromatic carbocycles. The van der Waals surface area contributed by atoms with Gasteiger partial charge in [0.1, 0.15) is 17.2 Å². The Labute approximate surface area is 205 Å². The highest BCUT2D eigenvalue weighted by atomic mass is 35.5. The number of anilines is 1. The van der Waals surface area contributed by atoms with E-state index in [1.54, 1.807) is 12.1 Å². The number of benzene rings is 2. The minimum atomic E-state index is -0.234. The monoisotopic (exact) mass is 480 g/mol. The largest absolute Gasteiger partial charge is 0.378 e. The van der Waals surface area contributed by atoms with Crippen LogP contribution in [-0.2, 0) is 0 Å². The number of carbonyl (C=O) groups excluding carboxylic acids is 1. The van der Waals surface area contributed by atoms with Gasteiger partial charge in [0.05, 0.1) is 5.03 Å². The van der Waals surface area contributed by atoms with E-state index in [9.17, 15) is 4.79 Å². The minimum Gasteiger partial charge on any atom is -0.378 e. The first-order valence-electron chi connectivity index (χ1n) is 10.8. The van der Waals surface area contributed by atoms with Crippen molar-refractivity contribution in [3.63, 3.8) is 0 Å². The minimum absolute atomic E-state index is 0.234. The molecule has 0 fully saturated rings. The average Bonchev–Trinajstić information content (AvgIpc) is 3.27. The maximum absolute atomic E-state index is 13.4. The number of halogens is 1. The maximum Gasteiger partial charge on any atom is 0.274 e. The van der Waals surface area contributed by atoms with E-state index in [1.165, 1.54) is 11.8 Å². The number of nitrogens with one attached hydrogen (secondary N) is 2. The molecule has 172 valence electrons. The van der Waals surface area contributed by atoms with E-state index >= 15 is 0 Å². The highest BCUT2D eigenvalue weighted by molar-refractivity contribution is 8.05. The highest BCUT2D eigenvalue weighted by Gasteiger charge is 2.21. The number of amides is 1. The number of hydrogen-bond donors (Lipinski definition) is 2. The van der Waals surface area contributed by atoms with E-state index in [0.29, 0.717) is 22.2 Å². The zero-order valence-electron chi connectivity index (χ0n) is 19.6. The van der Waals surface area contributed by atoms with Crippen LogP contribution < -0.4 is 10.2 Å². The second-order valence-corrected chi connectivity index (χ2v) is 9.12. The van der Waals surface area contributed by atoms with Crippen molar-refractivity contribution in [3.05, 3.63) is 81.3 Å². The molecule has 1 amide bonds. The molecule has 33 heavy (non-hydrogen) atoms. The zero-order valence-corrected chi connectivity index (χ0v) is 21.1. The third kappa shape index (κ3) is 6.09. The van der Waals surface area contributed by atoms with Crippen molar-refractivity contribution in [3.8, 4) is 22.6 Å². The third-order valence-corrected chi connectivity index (χ3v) is 6.50. The van der Waals surface area contributed by atoms with Gasteiger partial charge in [0.15, 0.2) is 0 Å². The quantitative estimate of drug-likeness (QED) is 0.361. The van der Waals surface area contributed by atoms with Crippen molar-refractivity contribution in [1.29, 1.82) is 0 Å². The summed E-state index contributed by atoms with van der Waals surface area (Å²) in [5.41, 5.74) is 4.87. The maximum atomic E-state index is 13.4. The van der Waals surface area contributed by atoms with Crippen LogP contribution in [-0.4, -0.2) is 30.0 Å². The fraction of sp³-hybridized carbons (Fsp3) is 0.231. The molecule has 0 bridgehead atoms. The summed E-state index contributed by atoms with van der Waals surface area (Å²) in [6.45, 7) is 6.05. The van der Waals surface area contributed by atoms with E-state index in [-0.39, 0.29) is 5.91 Å². The van der Waals surface area contributed by atoms with Gasteiger partial charge in [0.25, 0.3) is 5.91 Å². The van der Waals surface area contributed by atoms with Gasteiger partial charge in [-0.1, -0.05) is 60.6 Å². The van der Waals surface area contributed by atoms with Crippen molar-refractivity contribution in [2.75, 3.05) is 19.0 Å². The summed E-state index contributed by atoms with van der Waals surface area (Å²) in [5, 5.41) is 6.50. The van der Waals surface area contributed by atoms with Crippen LogP contribution in [0.4, 0.5) is 5.69 Å². The molecule has 7 heteroatoms. The van der Waals surface area contributed by atoms with Crippen LogP contribution in [0, 0.1) is 0 Å². The zero-order chi connectivity index (χ0) is 24.0. The van der Waals surface area contributed by atoms with Gasteiger partial charge in [-0.3, -0.25) is 4.79 Å². The van der Waals surface area contributed by atoms with E-state index in [2.05, 4.69) is 17.2 Å². The molecule has 0 aliphatic carbocycles. The fourth-order valence-electron chi connectivity index (χ4n) is 3.12. The molecule has 0 saturated heterocycles. The van der Waals surface area contributed by atoms with Crippen LogP contribution in [0.5, 0.6) is 0 Å². The van der Waals surface area contributed by atoms with Gasteiger partial charge in [-0.15, -0.1) is 0 Å². The number of hydrogen-bond acceptors (Lipinski definition) is 4. The molecule has 5 nitrogen and oxygen atoms in total. The predicted molar refractivity (Wildman–Crippen MR) is 142 cm³/mol. The number of H-pyrrole nitrogens is 1. The first kappa shape index (κ1) is 24.7. The number of allylic oxidation sites excluding steroid dienone is 2. The summed E-state index contributed by atoms with van der Waals surface area (Å²) < 4.78 is 0. The summed E-state index contributed by atoms with van der Waals surface area (Å²) in [7, 11) is 3.98. The van der Waals surface area contributed by atoms with Crippen LogP contribution in [0.1, 0.15) is 37.7 Å². The number of nitrogens with zero attached hydrogens (tertiary/aromatic N) is 2. The summed E-state index contributed by atoms with van der Waals surface area (Å²) in [5.74, 6) is 0.398. The Hall–Kier alpha value is -2.96. The summed E-state index contributed by atoms with van der Waals surface area (Å²) >= 11 is 7.59. The summed E-state index contributed by atoms with van der Waals surface area (Å²) in [6, 6.07) is 15.4. The molecule has 0 spiro atoms. The molecule has 1 heterocycles. The molecule has 0 aliphatic heterocycles. The second kappa shape index (κ2) is 11.3. The van der Waals surface area contributed by atoms with Gasteiger partial charge in [0, 0.05) is 35.9 Å². The van der Waals surface area contributed by atoms with Crippen LogP contribution in [0.15, 0.2) is 70.6 Å². The summed E-state index contributed by atoms with van der Waals surface area (Å²) in [6.07, 6.45) is 2.79. The number of aromatic amines is 1. The average molecular weight is 481 g/mol. The Morgan fingerprint density at radius 3 is 2.55 bits per heavy atom. The van der Waals surface area contributed by atoms with E-state index in [1.807, 2.05) is 80.7 Å². The number of aromatic nitrogens is 2. The van der Waals surface area contributed by atoms with Crippen LogP contribution >= 0.6 is 23.4 Å². The molecule has 0 radical (unpaired) electrons. The molecule has 0 saturated carbocycles. The van der Waals surface area contributed by atoms with Crippen molar-refractivity contribution in [2.45, 2.75) is 27.2 Å². The van der Waals surface area contributed by atoms with Gasteiger partial charge < -0.3 is 15.2 Å². The topological polar surface area (TPSA) is 61.0 Å². The van der Waals surface area contributed by atoms with Crippen molar-refractivity contribution < 1.29 is 4.79 Å². The van der Waals surface area contributed by atoms with E-state index < -0.39 is 0 Å². The molecule has 0 unspecified atom stereocenters. The van der Waals surface area contributed by atoms with E-state index in [4.69, 9.17) is 16.6 Å². The standard InChI is InChI=1S/C26H29ClN4OS/c1-6-15-33-26(17(3)7-2)30-25(32)23-22(18-11-13-20(27)14-12-18)28-24(29-23)19-9-8-10-21(16-19)31(4)5/h6,8-16H,7H2,1-5H3,(H,28,29)(H,30,32)/b15-6-,26-17+. The molecule has 0 aliphatic rings. The normalized spacial score (nSPS) is 12.1. The summed E-state index contributed by atoms with van der Waals surface area (Å²) in [4.78, 5) is 23.6. The van der Waals surface area contributed by atoms with Gasteiger partial charge in [0.2, 0.25) is 0 Å². The number of rotatable bonds is 8. The SMILES string of the molecule is C/C=C\S/C(NC(=O)c1[nH]c(-c2cccc(N(C)C)c2)nc1-c1ccc(Cl)cc1)=C(\C)CC. The van der Waals surface area contributed by atoms with Gasteiger partial charge in [-0.05, 0) is 55.5 Å². The first-order valence-corrected chi connectivity index (χ1v) is 12.0. The molecule has 0 atom stereocenters. The third-order valence-electron chi connectivity index (χ3n) is 5.15. The Balaban J connectivity index is 2.08. The highest BCUT2D eigenvalue weighted by Crippen LogP contribution is 2.30. The predicted octanol–water partition coefficient (Wildman–Crippen LogP) is 7.10. The van der Waals surface area contributed by atoms with Crippen LogP contribution in [0.2, 0.25) is 5.02 Å².